The van der Waals surface area contributed by atoms with Crippen molar-refractivity contribution in [1.82, 2.24) is 20.8 Å². The number of hydrogen-bond donors (Lipinski definition) is 3. The predicted octanol–water partition coefficient (Wildman–Crippen LogP) is 0.200. The van der Waals surface area contributed by atoms with Crippen molar-refractivity contribution in [2.24, 2.45) is 0 Å². The average molecular weight is 300 g/mol. The van der Waals surface area contributed by atoms with E-state index >= 15 is 0 Å². The monoisotopic (exact) mass is 300 g/mol. The Bertz CT molecular complexity index is 461. The van der Waals surface area contributed by atoms with Crippen LogP contribution in [-0.2, 0) is 9.53 Å². The largest absolute Gasteiger partial charge is 0.443 e. The highest BCUT2D eigenvalue weighted by molar-refractivity contribution is 5.89. The lowest BCUT2D eigenvalue weighted by Gasteiger charge is -2.29. The molecule has 9 nitrogen and oxygen atoms in total. The van der Waals surface area contributed by atoms with Crippen LogP contribution in [-0.4, -0.2) is 57.4 Å². The maximum Gasteiger partial charge on any atom is 0.426 e. The fraction of sp³-hybridized carbons (Fsp3) is 0.750. The number of nitrogens with zero attached hydrogens (tertiary/aromatic N) is 2. The maximum atomic E-state index is 12.0. The molecule has 0 spiro atoms. The van der Waals surface area contributed by atoms with Crippen molar-refractivity contribution >= 4 is 18.0 Å². The molecule has 118 valence electrons. The first kappa shape index (κ1) is 15.4. The molecule has 2 bridgehead atoms. The topological polar surface area (TPSA) is 111 Å². The van der Waals surface area contributed by atoms with Crippen molar-refractivity contribution in [2.45, 2.75) is 51.3 Å². The Morgan fingerprint density at radius 1 is 1.29 bits per heavy atom. The molecule has 2 fully saturated rings. The van der Waals surface area contributed by atoms with E-state index in [4.69, 9.17) is 4.74 Å². The number of fused-ring (bicyclic) bond motifs is 2. The van der Waals surface area contributed by atoms with Crippen LogP contribution in [0.4, 0.5) is 9.59 Å². The van der Waals surface area contributed by atoms with Crippen molar-refractivity contribution in [2.75, 3.05) is 6.54 Å². The standard InChI is InChI=1S/C12H20N4O5/c1-12(2,3)21-10(18)14-13-9(17)8-5-4-7-6-15(8)11(19)16(7)20/h7-8,20H,4-6H2,1-3H3,(H,13,17)(H,14,18)/t7-,8+/m1/s1. The minimum Gasteiger partial charge on any atom is -0.443 e. The Morgan fingerprint density at radius 3 is 2.57 bits per heavy atom. The van der Waals surface area contributed by atoms with E-state index in [1.807, 2.05) is 0 Å². The summed E-state index contributed by atoms with van der Waals surface area (Å²) in [6.45, 7) is 5.41. The lowest BCUT2D eigenvalue weighted by atomic mass is 10.0. The summed E-state index contributed by atoms with van der Waals surface area (Å²) in [7, 11) is 0. The Morgan fingerprint density at radius 2 is 1.95 bits per heavy atom. The molecular weight excluding hydrogens is 280 g/mol. The van der Waals surface area contributed by atoms with Gasteiger partial charge in [0, 0.05) is 6.54 Å². The van der Waals surface area contributed by atoms with Crippen LogP contribution in [0.25, 0.3) is 0 Å². The van der Waals surface area contributed by atoms with E-state index in [2.05, 4.69) is 10.9 Å². The third-order valence-electron chi connectivity index (χ3n) is 3.33. The van der Waals surface area contributed by atoms with Crippen molar-refractivity contribution in [3.8, 4) is 0 Å². The quantitative estimate of drug-likeness (QED) is 0.473. The Kier molecular flexibility index (Phi) is 3.95. The Hall–Kier alpha value is -2.03. The number of urea groups is 1. The molecule has 3 N–H and O–H groups in total. The fourth-order valence-corrected chi connectivity index (χ4v) is 2.42. The first-order valence-electron chi connectivity index (χ1n) is 6.76. The lowest BCUT2D eigenvalue weighted by molar-refractivity contribution is -0.127. The number of nitrogens with one attached hydrogen (secondary N) is 2. The van der Waals surface area contributed by atoms with E-state index in [9.17, 15) is 19.6 Å². The highest BCUT2D eigenvalue weighted by Crippen LogP contribution is 2.28. The molecule has 0 aliphatic carbocycles. The van der Waals surface area contributed by atoms with Gasteiger partial charge in [-0.3, -0.25) is 15.4 Å². The second kappa shape index (κ2) is 5.40. The van der Waals surface area contributed by atoms with Crippen LogP contribution >= 0.6 is 0 Å². The van der Waals surface area contributed by atoms with E-state index in [1.54, 1.807) is 20.8 Å². The van der Waals surface area contributed by atoms with Crippen LogP contribution in [0.15, 0.2) is 0 Å². The van der Waals surface area contributed by atoms with Crippen LogP contribution in [0.5, 0.6) is 0 Å². The first-order chi connectivity index (χ1) is 9.69. The lowest BCUT2D eigenvalue weighted by Crippen LogP contribution is -2.54. The summed E-state index contributed by atoms with van der Waals surface area (Å²) in [4.78, 5) is 36.5. The van der Waals surface area contributed by atoms with E-state index < -0.39 is 29.7 Å². The van der Waals surface area contributed by atoms with Gasteiger partial charge in [0.2, 0.25) is 0 Å². The average Bonchev–Trinajstić information content (AvgIpc) is 2.60. The third kappa shape index (κ3) is 3.35. The molecule has 0 radical (unpaired) electrons. The number of carbonyl (C=O) groups excluding carboxylic acids is 3. The summed E-state index contributed by atoms with van der Waals surface area (Å²) >= 11 is 0. The van der Waals surface area contributed by atoms with Crippen molar-refractivity contribution in [1.29, 1.82) is 0 Å². The second-order valence-electron chi connectivity index (χ2n) is 6.14. The summed E-state index contributed by atoms with van der Waals surface area (Å²) in [6.07, 6.45) is 0.180. The minimum atomic E-state index is -0.777. The number of hydrogen-bond acceptors (Lipinski definition) is 5. The number of amides is 4. The van der Waals surface area contributed by atoms with Gasteiger partial charge in [-0.15, -0.1) is 0 Å². The predicted molar refractivity (Wildman–Crippen MR) is 70.0 cm³/mol. The van der Waals surface area contributed by atoms with Crippen molar-refractivity contribution in [3.05, 3.63) is 0 Å². The second-order valence-corrected chi connectivity index (χ2v) is 6.14. The highest BCUT2D eigenvalue weighted by atomic mass is 16.6. The van der Waals surface area contributed by atoms with Gasteiger partial charge < -0.3 is 9.64 Å². The number of carbonyl (C=O) groups is 3. The van der Waals surface area contributed by atoms with Gasteiger partial charge in [0.15, 0.2) is 0 Å². The number of hydroxylamine groups is 2. The zero-order valence-electron chi connectivity index (χ0n) is 12.3. The molecule has 2 aliphatic rings. The van der Waals surface area contributed by atoms with Gasteiger partial charge in [-0.2, -0.15) is 0 Å². The van der Waals surface area contributed by atoms with Gasteiger partial charge in [0.25, 0.3) is 5.91 Å². The number of hydrazine groups is 1. The van der Waals surface area contributed by atoms with E-state index in [0.717, 1.165) is 0 Å². The number of ether oxygens (including phenoxy) is 1. The van der Waals surface area contributed by atoms with Crippen LogP contribution in [0.1, 0.15) is 33.6 Å². The highest BCUT2D eigenvalue weighted by Gasteiger charge is 2.46. The molecule has 2 aliphatic heterocycles. The smallest absolute Gasteiger partial charge is 0.426 e. The molecule has 4 amide bonds. The molecule has 0 aromatic carbocycles. The van der Waals surface area contributed by atoms with Gasteiger partial charge in [0.05, 0.1) is 6.04 Å². The summed E-state index contributed by atoms with van der Waals surface area (Å²) in [6, 6.07) is -1.56. The van der Waals surface area contributed by atoms with Crippen LogP contribution < -0.4 is 10.9 Å². The molecule has 9 heteroatoms. The SMILES string of the molecule is CC(C)(C)OC(=O)NNC(=O)[C@@H]1CC[C@@H]2CN1C(=O)N2O. The Labute approximate surface area is 122 Å². The molecular formula is C12H20N4O5. The van der Waals surface area contributed by atoms with Gasteiger partial charge in [-0.25, -0.2) is 20.1 Å². The first-order valence-corrected chi connectivity index (χ1v) is 6.76. The van der Waals surface area contributed by atoms with E-state index in [-0.39, 0.29) is 6.04 Å². The summed E-state index contributed by atoms with van der Waals surface area (Å²) in [5.74, 6) is -0.511. The molecule has 0 aromatic heterocycles. The van der Waals surface area contributed by atoms with Gasteiger partial charge >= 0.3 is 12.1 Å². The number of piperidine rings is 1. The van der Waals surface area contributed by atoms with Crippen LogP contribution in [0.3, 0.4) is 0 Å². The summed E-state index contributed by atoms with van der Waals surface area (Å²) < 4.78 is 4.98. The summed E-state index contributed by atoms with van der Waals surface area (Å²) in [5, 5.41) is 10.2. The van der Waals surface area contributed by atoms with Gasteiger partial charge in [-0.1, -0.05) is 0 Å². The van der Waals surface area contributed by atoms with Crippen molar-refractivity contribution in [3.63, 3.8) is 0 Å². The molecule has 21 heavy (non-hydrogen) atoms. The fourth-order valence-electron chi connectivity index (χ4n) is 2.42. The zero-order valence-corrected chi connectivity index (χ0v) is 12.3. The molecule has 2 atom stereocenters. The molecule has 2 saturated heterocycles. The Balaban J connectivity index is 1.87. The van der Waals surface area contributed by atoms with E-state index in [0.29, 0.717) is 24.4 Å². The van der Waals surface area contributed by atoms with Crippen molar-refractivity contribution < 1.29 is 24.3 Å². The van der Waals surface area contributed by atoms with Gasteiger partial charge in [-0.05, 0) is 33.6 Å². The van der Waals surface area contributed by atoms with Gasteiger partial charge in [0.1, 0.15) is 11.6 Å². The zero-order chi connectivity index (χ0) is 15.8. The van der Waals surface area contributed by atoms with E-state index in [1.165, 1.54) is 4.90 Å². The van der Waals surface area contributed by atoms with Crippen LogP contribution in [0.2, 0.25) is 0 Å². The third-order valence-corrected chi connectivity index (χ3v) is 3.33. The molecule has 0 aromatic rings. The molecule has 0 unspecified atom stereocenters. The molecule has 2 heterocycles. The van der Waals surface area contributed by atoms with Crippen LogP contribution in [0, 0.1) is 0 Å². The number of rotatable bonds is 1. The molecule has 0 saturated carbocycles. The molecule has 2 rings (SSSR count). The normalized spacial score (nSPS) is 24.9. The minimum absolute atomic E-state index is 0.264. The summed E-state index contributed by atoms with van der Waals surface area (Å²) in [5.41, 5.74) is 3.71. The maximum absolute atomic E-state index is 12.0.